The maximum absolute atomic E-state index is 13.5. The van der Waals surface area contributed by atoms with E-state index in [4.69, 9.17) is 14.2 Å². The van der Waals surface area contributed by atoms with Crippen LogP contribution in [0.25, 0.3) is 0 Å². The summed E-state index contributed by atoms with van der Waals surface area (Å²) in [6.07, 6.45) is 70.7. The SMILES string of the molecule is CC/C=C\C/C=C\C/C=C\C/C=C\C/C=C\CCCC(=O)OC1C(OCC(NC(=O)C(O)CCCCCCCCCCCCCCCCCC/C=C/CCCCCCCC)C(O)/C=C/CCCCCCCCCCCCC)OC(CO)C(O)C1O. The van der Waals surface area contributed by atoms with E-state index in [0.717, 1.165) is 70.6 Å². The zero-order valence-electron chi connectivity index (χ0n) is 54.7. The first kappa shape index (κ1) is 79.9. The predicted octanol–water partition coefficient (Wildman–Crippen LogP) is 18.1. The molecule has 8 atom stereocenters. The normalized spacial score (nSPS) is 18.9. The lowest BCUT2D eigenvalue weighted by Gasteiger charge is -2.41. The second-order valence-electron chi connectivity index (χ2n) is 24.2. The summed E-state index contributed by atoms with van der Waals surface area (Å²) >= 11 is 0. The molecule has 1 aliphatic rings. The Kier molecular flexibility index (Phi) is 57.4. The molecule has 1 amide bonds. The zero-order chi connectivity index (χ0) is 61.7. The molecule has 11 nitrogen and oxygen atoms in total. The molecular weight excluding hydrogens is 1060 g/mol. The number of esters is 1. The molecule has 11 heteroatoms. The van der Waals surface area contributed by atoms with Crippen molar-refractivity contribution in [3.8, 4) is 0 Å². The molecule has 1 heterocycles. The number of nitrogens with one attached hydrogen (secondary N) is 1. The van der Waals surface area contributed by atoms with Crippen LogP contribution in [0, 0.1) is 0 Å². The highest BCUT2D eigenvalue weighted by Crippen LogP contribution is 2.26. The fraction of sp³-hybridized carbons (Fsp3) is 0.784. The van der Waals surface area contributed by atoms with Crippen LogP contribution >= 0.6 is 0 Å². The molecule has 1 saturated heterocycles. The fourth-order valence-electron chi connectivity index (χ4n) is 10.7. The minimum absolute atomic E-state index is 0.0432. The maximum atomic E-state index is 13.5. The molecule has 0 spiro atoms. The van der Waals surface area contributed by atoms with Crippen LogP contribution in [0.5, 0.6) is 0 Å². The topological polar surface area (TPSA) is 175 Å². The molecule has 0 aliphatic carbocycles. The number of carbonyl (C=O) groups excluding carboxylic acids is 2. The first-order valence-electron chi connectivity index (χ1n) is 35.4. The lowest BCUT2D eigenvalue weighted by atomic mass is 9.99. The smallest absolute Gasteiger partial charge is 0.306 e. The van der Waals surface area contributed by atoms with Crippen LogP contribution in [0.3, 0.4) is 0 Å². The Labute approximate surface area is 521 Å². The Bertz CT molecular complexity index is 1710. The van der Waals surface area contributed by atoms with Gasteiger partial charge in [0.05, 0.1) is 25.4 Å². The highest BCUT2D eigenvalue weighted by atomic mass is 16.7. The van der Waals surface area contributed by atoms with Crippen molar-refractivity contribution in [1.29, 1.82) is 0 Å². The van der Waals surface area contributed by atoms with E-state index in [0.29, 0.717) is 19.3 Å². The van der Waals surface area contributed by atoms with E-state index in [1.807, 2.05) is 18.2 Å². The van der Waals surface area contributed by atoms with Gasteiger partial charge in [0.1, 0.15) is 24.4 Å². The predicted molar refractivity (Wildman–Crippen MR) is 356 cm³/mol. The zero-order valence-corrected chi connectivity index (χ0v) is 54.7. The van der Waals surface area contributed by atoms with Gasteiger partial charge in [-0.1, -0.05) is 298 Å². The quantitative estimate of drug-likeness (QED) is 0.0195. The van der Waals surface area contributed by atoms with Gasteiger partial charge in [0, 0.05) is 6.42 Å². The summed E-state index contributed by atoms with van der Waals surface area (Å²) < 4.78 is 17.6. The van der Waals surface area contributed by atoms with E-state index >= 15 is 0 Å². The van der Waals surface area contributed by atoms with Crippen molar-refractivity contribution in [3.63, 3.8) is 0 Å². The minimum atomic E-state index is -1.64. The van der Waals surface area contributed by atoms with Crippen LogP contribution in [0.1, 0.15) is 310 Å². The van der Waals surface area contributed by atoms with E-state index in [2.05, 4.69) is 86.8 Å². The van der Waals surface area contributed by atoms with Gasteiger partial charge in [-0.25, -0.2) is 0 Å². The van der Waals surface area contributed by atoms with E-state index in [9.17, 15) is 35.1 Å². The first-order chi connectivity index (χ1) is 41.7. The van der Waals surface area contributed by atoms with Crippen molar-refractivity contribution in [2.45, 2.75) is 359 Å². The highest BCUT2D eigenvalue weighted by Gasteiger charge is 2.47. The number of aliphatic hydroxyl groups is 5. The molecule has 8 unspecified atom stereocenters. The van der Waals surface area contributed by atoms with Gasteiger partial charge in [0.2, 0.25) is 5.91 Å². The largest absolute Gasteiger partial charge is 0.454 e. The summed E-state index contributed by atoms with van der Waals surface area (Å²) in [5.41, 5.74) is 0. The number of hydrogen-bond donors (Lipinski definition) is 6. The van der Waals surface area contributed by atoms with Crippen molar-refractivity contribution < 1.29 is 49.3 Å². The number of allylic oxidation sites excluding steroid dienone is 13. The van der Waals surface area contributed by atoms with Crippen LogP contribution in [0.15, 0.2) is 85.1 Å². The Balaban J connectivity index is 2.60. The maximum Gasteiger partial charge on any atom is 0.306 e. The number of hydrogen-bond acceptors (Lipinski definition) is 10. The summed E-state index contributed by atoms with van der Waals surface area (Å²) in [5.74, 6) is -1.25. The van der Waals surface area contributed by atoms with Gasteiger partial charge < -0.3 is 45.1 Å². The summed E-state index contributed by atoms with van der Waals surface area (Å²) in [6, 6.07) is -1.04. The molecule has 6 N–H and O–H groups in total. The van der Waals surface area contributed by atoms with Crippen molar-refractivity contribution >= 4 is 11.9 Å². The number of rotatable bonds is 60. The van der Waals surface area contributed by atoms with Crippen LogP contribution in [-0.4, -0.2) is 99.6 Å². The van der Waals surface area contributed by atoms with E-state index < -0.39 is 67.4 Å². The van der Waals surface area contributed by atoms with Crippen molar-refractivity contribution in [1.82, 2.24) is 5.32 Å². The van der Waals surface area contributed by atoms with Gasteiger partial charge >= 0.3 is 5.97 Å². The Morgan fingerprint density at radius 3 is 1.28 bits per heavy atom. The van der Waals surface area contributed by atoms with Crippen LogP contribution in [0.4, 0.5) is 0 Å². The lowest BCUT2D eigenvalue weighted by Crippen LogP contribution is -2.61. The lowest BCUT2D eigenvalue weighted by molar-refractivity contribution is -0.305. The van der Waals surface area contributed by atoms with Crippen LogP contribution < -0.4 is 5.32 Å². The molecule has 0 bridgehead atoms. The van der Waals surface area contributed by atoms with Crippen LogP contribution in [-0.2, 0) is 23.8 Å². The van der Waals surface area contributed by atoms with Crippen LogP contribution in [0.2, 0.25) is 0 Å². The minimum Gasteiger partial charge on any atom is -0.454 e. The molecule has 0 aromatic rings. The standard InChI is InChI=1S/C74H131NO10/c1-4-7-10-13-16-19-22-25-27-29-30-31-32-33-34-35-36-37-39-40-43-46-49-52-55-58-61-67(78)73(82)75-65(66(77)60-57-54-51-48-45-42-24-21-18-15-12-9-6-3)64-83-74-72(71(81)70(80)68(63-76)84-74)85-69(79)62-59-56-53-50-47-44-41-38-28-26-23-20-17-14-11-8-5-2/h8,11,17,20,25-28,41,44,50,53,57,60,65-68,70-72,74,76-78,80-81H,4-7,9-10,12-16,18-19,21-24,29-40,42-43,45-49,51-52,54-56,58-59,61-64H2,1-3H3,(H,75,82)/b11-8-,20-17-,27-25+,28-26-,44-41-,53-50-,60-57+. The molecule has 0 aromatic carbocycles. The van der Waals surface area contributed by atoms with E-state index in [-0.39, 0.29) is 19.4 Å². The second-order valence-corrected chi connectivity index (χ2v) is 24.2. The Morgan fingerprint density at radius 2 is 0.847 bits per heavy atom. The van der Waals surface area contributed by atoms with Gasteiger partial charge in [-0.3, -0.25) is 9.59 Å². The summed E-state index contributed by atoms with van der Waals surface area (Å²) in [4.78, 5) is 26.6. The average Bonchev–Trinajstić information content (AvgIpc) is 3.16. The van der Waals surface area contributed by atoms with Gasteiger partial charge in [-0.05, 0) is 89.9 Å². The van der Waals surface area contributed by atoms with Gasteiger partial charge in [0.15, 0.2) is 12.4 Å². The van der Waals surface area contributed by atoms with Crippen molar-refractivity contribution in [3.05, 3.63) is 85.1 Å². The number of amides is 1. The Morgan fingerprint density at radius 1 is 0.471 bits per heavy atom. The first-order valence-corrected chi connectivity index (χ1v) is 35.4. The molecule has 1 aliphatic heterocycles. The van der Waals surface area contributed by atoms with Gasteiger partial charge in [0.25, 0.3) is 0 Å². The molecule has 85 heavy (non-hydrogen) atoms. The van der Waals surface area contributed by atoms with Crippen molar-refractivity contribution in [2.75, 3.05) is 13.2 Å². The van der Waals surface area contributed by atoms with Crippen molar-refractivity contribution in [2.24, 2.45) is 0 Å². The van der Waals surface area contributed by atoms with Gasteiger partial charge in [-0.2, -0.15) is 0 Å². The number of carbonyl (C=O) groups is 2. The molecule has 0 radical (unpaired) electrons. The number of aliphatic hydroxyl groups excluding tert-OH is 5. The molecular formula is C74H131NO10. The number of ether oxygens (including phenoxy) is 3. The van der Waals surface area contributed by atoms with E-state index in [1.165, 1.54) is 186 Å². The molecule has 1 rings (SSSR count). The molecule has 492 valence electrons. The third kappa shape index (κ3) is 48.4. The molecule has 0 aromatic heterocycles. The average molecular weight is 1190 g/mol. The number of unbranched alkanes of at least 4 members (excludes halogenated alkanes) is 34. The summed E-state index contributed by atoms with van der Waals surface area (Å²) in [5, 5.41) is 57.2. The Hall–Kier alpha value is -3.16. The molecule has 0 saturated carbocycles. The summed E-state index contributed by atoms with van der Waals surface area (Å²) in [6.45, 7) is 5.67. The third-order valence-corrected chi connectivity index (χ3v) is 16.3. The second kappa shape index (κ2) is 61.1. The van der Waals surface area contributed by atoms with E-state index in [1.54, 1.807) is 6.08 Å². The molecule has 1 fully saturated rings. The monoisotopic (exact) mass is 1190 g/mol. The fourth-order valence-corrected chi connectivity index (χ4v) is 10.7. The van der Waals surface area contributed by atoms with Gasteiger partial charge in [-0.15, -0.1) is 0 Å². The summed E-state index contributed by atoms with van der Waals surface area (Å²) in [7, 11) is 0. The third-order valence-electron chi connectivity index (χ3n) is 16.3. The highest BCUT2D eigenvalue weighted by molar-refractivity contribution is 5.80.